The maximum atomic E-state index is 12.9. The van der Waals surface area contributed by atoms with E-state index in [1.807, 2.05) is 20.8 Å². The molecule has 1 saturated carbocycles. The quantitative estimate of drug-likeness (QED) is 0.719. The minimum absolute atomic E-state index is 0.159. The van der Waals surface area contributed by atoms with Crippen molar-refractivity contribution in [2.45, 2.75) is 64.5 Å². The molecule has 0 bridgehead atoms. The summed E-state index contributed by atoms with van der Waals surface area (Å²) in [6.07, 6.45) is 5.39. The van der Waals surface area contributed by atoms with Crippen molar-refractivity contribution in [2.24, 2.45) is 0 Å². The largest absolute Gasteiger partial charge is 0.334 e. The van der Waals surface area contributed by atoms with Crippen LogP contribution in [0, 0.1) is 0 Å². The Labute approximate surface area is 159 Å². The predicted molar refractivity (Wildman–Crippen MR) is 101 cm³/mol. The maximum absolute atomic E-state index is 12.9. The average Bonchev–Trinajstić information content (AvgIpc) is 2.51. The molecule has 0 spiro atoms. The normalized spacial score (nSPS) is 15.6. The van der Waals surface area contributed by atoms with Crippen molar-refractivity contribution < 1.29 is 9.59 Å². The summed E-state index contributed by atoms with van der Waals surface area (Å²) in [5, 5.41) is 5.01. The highest BCUT2D eigenvalue weighted by atomic mass is 35.5. The molecule has 2 rings (SSSR count). The van der Waals surface area contributed by atoms with Crippen molar-refractivity contribution in [3.05, 3.63) is 33.8 Å². The molecular weight excluding hydrogens is 361 g/mol. The summed E-state index contributed by atoms with van der Waals surface area (Å²) >= 11 is 12.0. The zero-order valence-corrected chi connectivity index (χ0v) is 16.4. The van der Waals surface area contributed by atoms with E-state index in [2.05, 4.69) is 10.7 Å². The molecule has 0 radical (unpaired) electrons. The summed E-state index contributed by atoms with van der Waals surface area (Å²) < 4.78 is 0. The Morgan fingerprint density at radius 2 is 1.60 bits per heavy atom. The smallest absolute Gasteiger partial charge is 0.333 e. The number of halogens is 2. The van der Waals surface area contributed by atoms with Crippen molar-refractivity contribution in [2.75, 3.05) is 0 Å². The van der Waals surface area contributed by atoms with Crippen LogP contribution < -0.4 is 10.7 Å². The van der Waals surface area contributed by atoms with Gasteiger partial charge in [0.05, 0.1) is 5.54 Å². The van der Waals surface area contributed by atoms with Gasteiger partial charge in [0.25, 0.3) is 5.91 Å². The third-order valence-electron chi connectivity index (χ3n) is 4.14. The molecule has 1 fully saturated rings. The van der Waals surface area contributed by atoms with Crippen LogP contribution in [0.15, 0.2) is 18.2 Å². The topological polar surface area (TPSA) is 61.4 Å². The minimum atomic E-state index is -0.615. The van der Waals surface area contributed by atoms with Crippen molar-refractivity contribution in [3.63, 3.8) is 0 Å². The van der Waals surface area contributed by atoms with E-state index in [0.717, 1.165) is 25.7 Å². The van der Waals surface area contributed by atoms with Crippen molar-refractivity contribution in [1.29, 1.82) is 0 Å². The first-order valence-corrected chi connectivity index (χ1v) is 9.30. The first-order valence-electron chi connectivity index (χ1n) is 8.54. The Bertz CT molecular complexity index is 617. The van der Waals surface area contributed by atoms with Crippen LogP contribution in [0.2, 0.25) is 10.0 Å². The fourth-order valence-corrected chi connectivity index (χ4v) is 3.42. The lowest BCUT2D eigenvalue weighted by atomic mass is 9.96. The van der Waals surface area contributed by atoms with E-state index in [1.165, 1.54) is 23.6 Å². The first kappa shape index (κ1) is 19.9. The molecule has 0 atom stereocenters. The molecule has 1 aliphatic carbocycles. The second-order valence-corrected chi connectivity index (χ2v) is 8.26. The van der Waals surface area contributed by atoms with Crippen LogP contribution in [0.3, 0.4) is 0 Å². The van der Waals surface area contributed by atoms with Gasteiger partial charge in [0, 0.05) is 21.7 Å². The van der Waals surface area contributed by atoms with Crippen LogP contribution in [-0.4, -0.2) is 28.5 Å². The molecule has 0 unspecified atom stereocenters. The Morgan fingerprint density at radius 1 is 1.04 bits per heavy atom. The van der Waals surface area contributed by atoms with E-state index < -0.39 is 5.54 Å². The summed E-state index contributed by atoms with van der Waals surface area (Å²) in [5.41, 5.74) is 2.40. The van der Waals surface area contributed by atoms with Gasteiger partial charge in [-0.1, -0.05) is 42.5 Å². The number of carbonyl (C=O) groups excluding carboxylic acids is 2. The van der Waals surface area contributed by atoms with E-state index in [1.54, 1.807) is 6.07 Å². The third kappa shape index (κ3) is 5.79. The number of rotatable bonds is 2. The van der Waals surface area contributed by atoms with Gasteiger partial charge in [-0.2, -0.15) is 0 Å². The summed E-state index contributed by atoms with van der Waals surface area (Å²) in [6.45, 7) is 5.54. The number of hydrogen-bond acceptors (Lipinski definition) is 2. The Hall–Kier alpha value is -1.46. The third-order valence-corrected chi connectivity index (χ3v) is 4.57. The van der Waals surface area contributed by atoms with Crippen molar-refractivity contribution >= 4 is 35.1 Å². The number of hydrazine groups is 1. The number of nitrogens with one attached hydrogen (secondary N) is 2. The minimum Gasteiger partial charge on any atom is -0.334 e. The lowest BCUT2D eigenvalue weighted by Crippen LogP contribution is -2.59. The zero-order chi connectivity index (χ0) is 18.6. The Balaban J connectivity index is 2.12. The van der Waals surface area contributed by atoms with Crippen molar-refractivity contribution in [3.8, 4) is 0 Å². The van der Waals surface area contributed by atoms with E-state index in [0.29, 0.717) is 15.6 Å². The second kappa shape index (κ2) is 8.28. The molecule has 138 valence electrons. The van der Waals surface area contributed by atoms with Crippen LogP contribution in [0.25, 0.3) is 0 Å². The maximum Gasteiger partial charge on any atom is 0.333 e. The van der Waals surface area contributed by atoms with Gasteiger partial charge in [0.1, 0.15) is 0 Å². The average molecular weight is 386 g/mol. The monoisotopic (exact) mass is 385 g/mol. The summed E-state index contributed by atoms with van der Waals surface area (Å²) in [6, 6.07) is 4.42. The number of nitrogens with zero attached hydrogens (tertiary/aromatic N) is 1. The molecule has 3 amide bonds. The molecule has 0 aromatic heterocycles. The summed E-state index contributed by atoms with van der Waals surface area (Å²) in [7, 11) is 0. The fraction of sp³-hybridized carbons (Fsp3) is 0.556. The van der Waals surface area contributed by atoms with Gasteiger partial charge in [0.15, 0.2) is 0 Å². The number of hydrogen-bond donors (Lipinski definition) is 2. The SMILES string of the molecule is CC(C)(C)N(NC(=O)NC1CCCCC1)C(=O)c1cc(Cl)cc(Cl)c1. The van der Waals surface area contributed by atoms with Crippen molar-refractivity contribution in [1.82, 2.24) is 15.8 Å². The number of amides is 3. The van der Waals surface area contributed by atoms with Gasteiger partial charge in [-0.25, -0.2) is 15.2 Å². The molecule has 1 aliphatic rings. The lowest BCUT2D eigenvalue weighted by Gasteiger charge is -2.36. The first-order chi connectivity index (χ1) is 11.7. The van der Waals surface area contributed by atoms with Gasteiger partial charge in [-0.15, -0.1) is 0 Å². The molecule has 7 heteroatoms. The predicted octanol–water partition coefficient (Wildman–Crippen LogP) is 4.78. The molecule has 25 heavy (non-hydrogen) atoms. The zero-order valence-electron chi connectivity index (χ0n) is 14.9. The molecule has 2 N–H and O–H groups in total. The summed E-state index contributed by atoms with van der Waals surface area (Å²) in [4.78, 5) is 25.3. The van der Waals surface area contributed by atoms with Crippen LogP contribution in [0.5, 0.6) is 0 Å². The van der Waals surface area contributed by atoms with Crippen LogP contribution in [0.1, 0.15) is 63.2 Å². The fourth-order valence-electron chi connectivity index (χ4n) is 2.90. The number of benzene rings is 1. The summed E-state index contributed by atoms with van der Waals surface area (Å²) in [5.74, 6) is -0.365. The standard InChI is InChI=1S/C18H25Cl2N3O2/c1-18(2,3)23(16(24)12-9-13(19)11-14(20)10-12)22-17(25)21-15-7-5-4-6-8-15/h9-11,15H,4-8H2,1-3H3,(H2,21,22,25). The molecule has 5 nitrogen and oxygen atoms in total. The van der Waals surface area contributed by atoms with Crippen LogP contribution in [0.4, 0.5) is 4.79 Å². The highest BCUT2D eigenvalue weighted by Gasteiger charge is 2.30. The van der Waals surface area contributed by atoms with E-state index in [9.17, 15) is 9.59 Å². The number of urea groups is 1. The van der Waals surface area contributed by atoms with Crippen LogP contribution in [-0.2, 0) is 0 Å². The highest BCUT2D eigenvalue weighted by Crippen LogP contribution is 2.22. The number of carbonyl (C=O) groups is 2. The van der Waals surface area contributed by atoms with Crippen LogP contribution >= 0.6 is 23.2 Å². The van der Waals surface area contributed by atoms with E-state index in [4.69, 9.17) is 23.2 Å². The molecular formula is C18H25Cl2N3O2. The van der Waals surface area contributed by atoms with E-state index >= 15 is 0 Å². The Morgan fingerprint density at radius 3 is 2.12 bits per heavy atom. The van der Waals surface area contributed by atoms with E-state index in [-0.39, 0.29) is 18.0 Å². The Kier molecular flexibility index (Phi) is 6.58. The lowest BCUT2D eigenvalue weighted by molar-refractivity contribution is 0.0447. The van der Waals surface area contributed by atoms with Gasteiger partial charge < -0.3 is 5.32 Å². The molecule has 1 aromatic carbocycles. The molecule has 1 aromatic rings. The van der Waals surface area contributed by atoms with Gasteiger partial charge >= 0.3 is 6.03 Å². The molecule has 0 aliphatic heterocycles. The second-order valence-electron chi connectivity index (χ2n) is 7.39. The van der Waals surface area contributed by atoms with Gasteiger partial charge in [0.2, 0.25) is 0 Å². The van der Waals surface area contributed by atoms with Gasteiger partial charge in [-0.05, 0) is 51.8 Å². The molecule has 0 saturated heterocycles. The highest BCUT2D eigenvalue weighted by molar-refractivity contribution is 6.35. The molecule has 0 heterocycles. The van der Waals surface area contributed by atoms with Gasteiger partial charge in [-0.3, -0.25) is 4.79 Å².